The van der Waals surface area contributed by atoms with Crippen molar-refractivity contribution in [2.24, 2.45) is 5.41 Å². The molecule has 1 saturated heterocycles. The van der Waals surface area contributed by atoms with Crippen LogP contribution in [0.3, 0.4) is 0 Å². The summed E-state index contributed by atoms with van der Waals surface area (Å²) in [6.07, 6.45) is -0.202. The van der Waals surface area contributed by atoms with Crippen molar-refractivity contribution in [1.29, 1.82) is 0 Å². The molecule has 1 amide bonds. The smallest absolute Gasteiger partial charge is 0.291 e. The van der Waals surface area contributed by atoms with Crippen LogP contribution < -0.4 is 0 Å². The molecule has 0 aliphatic carbocycles. The maximum Gasteiger partial charge on any atom is 0.291 e. The number of benzene rings is 1. The van der Waals surface area contributed by atoms with Gasteiger partial charge in [-0.3, -0.25) is 4.79 Å². The molecule has 1 fully saturated rings. The molecular formula is C20H26N2O3. The summed E-state index contributed by atoms with van der Waals surface area (Å²) in [4.78, 5) is 19.1. The molecule has 0 bridgehead atoms. The number of ether oxygens (including phenoxy) is 1. The topological polar surface area (TPSA) is 55.6 Å². The molecule has 2 aromatic rings. The van der Waals surface area contributed by atoms with Crippen LogP contribution in [0.1, 0.15) is 54.6 Å². The van der Waals surface area contributed by atoms with Gasteiger partial charge in [-0.2, -0.15) is 0 Å². The number of nitrogens with zero attached hydrogens (tertiary/aromatic N) is 2. The SMILES string of the molecule is Cc1nc(C)c(C(=O)N2C[C@@H](c3ccccc3)O[C@@H](C(C)(C)C)C2)o1. The predicted molar refractivity (Wildman–Crippen MR) is 95.4 cm³/mol. The first-order chi connectivity index (χ1) is 11.8. The maximum atomic E-state index is 13.0. The molecule has 5 heteroatoms. The van der Waals surface area contributed by atoms with Gasteiger partial charge >= 0.3 is 0 Å². The fraction of sp³-hybridized carbons (Fsp3) is 0.500. The zero-order chi connectivity index (χ0) is 18.2. The summed E-state index contributed by atoms with van der Waals surface area (Å²) < 4.78 is 11.9. The predicted octanol–water partition coefficient (Wildman–Crippen LogP) is 3.92. The van der Waals surface area contributed by atoms with Crippen LogP contribution >= 0.6 is 0 Å². The zero-order valence-corrected chi connectivity index (χ0v) is 15.6. The van der Waals surface area contributed by atoms with Crippen molar-refractivity contribution in [2.45, 2.75) is 46.8 Å². The quantitative estimate of drug-likeness (QED) is 0.830. The number of aryl methyl sites for hydroxylation is 2. The number of morpholine rings is 1. The molecule has 0 spiro atoms. The molecule has 1 aromatic carbocycles. The van der Waals surface area contributed by atoms with Crippen molar-refractivity contribution < 1.29 is 13.9 Å². The number of oxazole rings is 1. The highest BCUT2D eigenvalue weighted by atomic mass is 16.5. The number of carbonyl (C=O) groups is 1. The monoisotopic (exact) mass is 342 g/mol. The minimum atomic E-state index is -0.146. The second-order valence-corrected chi connectivity index (χ2v) is 7.75. The first-order valence-corrected chi connectivity index (χ1v) is 8.69. The molecule has 2 atom stereocenters. The summed E-state index contributed by atoms with van der Waals surface area (Å²) in [5.74, 6) is 0.733. The highest BCUT2D eigenvalue weighted by Gasteiger charge is 2.38. The first-order valence-electron chi connectivity index (χ1n) is 8.69. The molecule has 0 radical (unpaired) electrons. The Morgan fingerprint density at radius 2 is 1.84 bits per heavy atom. The fourth-order valence-electron chi connectivity index (χ4n) is 3.13. The minimum Gasteiger partial charge on any atom is -0.436 e. The van der Waals surface area contributed by atoms with E-state index in [4.69, 9.17) is 9.15 Å². The van der Waals surface area contributed by atoms with Gasteiger partial charge in [0.2, 0.25) is 5.76 Å². The Labute approximate surface area is 149 Å². The van der Waals surface area contributed by atoms with Crippen LogP contribution in [0.5, 0.6) is 0 Å². The molecule has 0 unspecified atom stereocenters. The van der Waals surface area contributed by atoms with Crippen molar-refractivity contribution in [3.63, 3.8) is 0 Å². The van der Waals surface area contributed by atoms with E-state index in [1.165, 1.54) is 0 Å². The van der Waals surface area contributed by atoms with Crippen molar-refractivity contribution in [3.8, 4) is 0 Å². The van der Waals surface area contributed by atoms with Crippen LogP contribution in [0.2, 0.25) is 0 Å². The fourth-order valence-corrected chi connectivity index (χ4v) is 3.13. The van der Waals surface area contributed by atoms with Crippen LogP contribution in [-0.4, -0.2) is 35.0 Å². The molecule has 2 heterocycles. The van der Waals surface area contributed by atoms with Gasteiger partial charge in [-0.15, -0.1) is 0 Å². The normalized spacial score (nSPS) is 21.4. The molecule has 1 aromatic heterocycles. The van der Waals surface area contributed by atoms with E-state index in [2.05, 4.69) is 25.8 Å². The number of carbonyl (C=O) groups excluding carboxylic acids is 1. The Morgan fingerprint density at radius 3 is 2.40 bits per heavy atom. The largest absolute Gasteiger partial charge is 0.436 e. The van der Waals surface area contributed by atoms with Crippen molar-refractivity contribution in [1.82, 2.24) is 9.88 Å². The molecule has 0 N–H and O–H groups in total. The number of aromatic nitrogens is 1. The number of hydrogen-bond acceptors (Lipinski definition) is 4. The van der Waals surface area contributed by atoms with Crippen molar-refractivity contribution in [3.05, 3.63) is 53.2 Å². The third-order valence-corrected chi connectivity index (χ3v) is 4.62. The Kier molecular flexibility index (Phi) is 4.69. The van der Waals surface area contributed by atoms with E-state index in [1.807, 2.05) is 35.2 Å². The van der Waals surface area contributed by atoms with Gasteiger partial charge in [-0.25, -0.2) is 4.98 Å². The van der Waals surface area contributed by atoms with Gasteiger partial charge in [0.1, 0.15) is 6.10 Å². The molecular weight excluding hydrogens is 316 g/mol. The van der Waals surface area contributed by atoms with Gasteiger partial charge in [0, 0.05) is 13.5 Å². The van der Waals surface area contributed by atoms with Gasteiger partial charge in [-0.05, 0) is 17.9 Å². The van der Waals surface area contributed by atoms with E-state index >= 15 is 0 Å². The molecule has 0 saturated carbocycles. The summed E-state index contributed by atoms with van der Waals surface area (Å²) in [7, 11) is 0. The van der Waals surface area contributed by atoms with E-state index in [9.17, 15) is 4.79 Å². The van der Waals surface area contributed by atoms with E-state index in [-0.39, 0.29) is 23.5 Å². The second kappa shape index (κ2) is 6.64. The molecule has 1 aliphatic rings. The van der Waals surface area contributed by atoms with E-state index in [0.717, 1.165) is 5.56 Å². The van der Waals surface area contributed by atoms with E-state index in [1.54, 1.807) is 13.8 Å². The van der Waals surface area contributed by atoms with Crippen LogP contribution in [0.4, 0.5) is 0 Å². The average Bonchev–Trinajstić information content (AvgIpc) is 2.92. The standard InChI is InChI=1S/C20H26N2O3/c1-13-18(24-14(2)21-13)19(23)22-11-16(15-9-7-6-8-10-15)25-17(12-22)20(3,4)5/h6-10,16-17H,11-12H2,1-5H3/t16-,17+/m0/s1. The Bertz CT molecular complexity index is 746. The van der Waals surface area contributed by atoms with Gasteiger partial charge < -0.3 is 14.1 Å². The summed E-state index contributed by atoms with van der Waals surface area (Å²) in [5.41, 5.74) is 1.65. The minimum absolute atomic E-state index is 0.0558. The highest BCUT2D eigenvalue weighted by Crippen LogP contribution is 2.34. The lowest BCUT2D eigenvalue weighted by Crippen LogP contribution is -2.51. The Balaban J connectivity index is 1.90. The Morgan fingerprint density at radius 1 is 1.16 bits per heavy atom. The van der Waals surface area contributed by atoms with Crippen molar-refractivity contribution in [2.75, 3.05) is 13.1 Å². The van der Waals surface area contributed by atoms with Crippen LogP contribution in [0, 0.1) is 19.3 Å². The van der Waals surface area contributed by atoms with Gasteiger partial charge in [0.05, 0.1) is 18.3 Å². The number of hydrogen-bond donors (Lipinski definition) is 0. The summed E-state index contributed by atoms with van der Waals surface area (Å²) in [6.45, 7) is 11.0. The average molecular weight is 342 g/mol. The number of rotatable bonds is 2. The second-order valence-electron chi connectivity index (χ2n) is 7.75. The zero-order valence-electron chi connectivity index (χ0n) is 15.6. The molecule has 1 aliphatic heterocycles. The van der Waals surface area contributed by atoms with Crippen LogP contribution in [-0.2, 0) is 4.74 Å². The van der Waals surface area contributed by atoms with Gasteiger partial charge in [0.25, 0.3) is 5.91 Å². The highest BCUT2D eigenvalue weighted by molar-refractivity contribution is 5.92. The van der Waals surface area contributed by atoms with Gasteiger partial charge in [-0.1, -0.05) is 51.1 Å². The molecule has 134 valence electrons. The lowest BCUT2D eigenvalue weighted by Gasteiger charge is -2.43. The van der Waals surface area contributed by atoms with E-state index in [0.29, 0.717) is 30.4 Å². The summed E-state index contributed by atoms with van der Waals surface area (Å²) in [5, 5.41) is 0. The maximum absolute atomic E-state index is 13.0. The first kappa shape index (κ1) is 17.7. The summed E-state index contributed by atoms with van der Waals surface area (Å²) >= 11 is 0. The van der Waals surface area contributed by atoms with Gasteiger partial charge in [0.15, 0.2) is 5.89 Å². The summed E-state index contributed by atoms with van der Waals surface area (Å²) in [6, 6.07) is 10.1. The molecule has 3 rings (SSSR count). The number of amides is 1. The Hall–Kier alpha value is -2.14. The van der Waals surface area contributed by atoms with Crippen LogP contribution in [0.25, 0.3) is 0 Å². The van der Waals surface area contributed by atoms with Crippen LogP contribution in [0.15, 0.2) is 34.7 Å². The van der Waals surface area contributed by atoms with Crippen molar-refractivity contribution >= 4 is 5.91 Å². The van der Waals surface area contributed by atoms with E-state index < -0.39 is 0 Å². The molecule has 5 nitrogen and oxygen atoms in total. The lowest BCUT2D eigenvalue weighted by molar-refractivity contribution is -0.119. The lowest BCUT2D eigenvalue weighted by atomic mass is 9.87. The third-order valence-electron chi connectivity index (χ3n) is 4.62. The molecule has 25 heavy (non-hydrogen) atoms. The third kappa shape index (κ3) is 3.76.